The molecule has 1 fully saturated rings. The van der Waals surface area contributed by atoms with Gasteiger partial charge in [0, 0.05) is 31.9 Å². The van der Waals surface area contributed by atoms with Crippen LogP contribution >= 0.6 is 11.3 Å². The first-order chi connectivity index (χ1) is 11.8. The minimum absolute atomic E-state index is 0.0470. The van der Waals surface area contributed by atoms with E-state index >= 15 is 0 Å². The van der Waals surface area contributed by atoms with E-state index in [1.165, 1.54) is 11.3 Å². The Morgan fingerprint density at radius 3 is 2.72 bits per heavy atom. The maximum absolute atomic E-state index is 12.3. The van der Waals surface area contributed by atoms with E-state index in [0.29, 0.717) is 19.6 Å². The maximum Gasteiger partial charge on any atom is 0.410 e. The number of hydrogen-bond acceptors (Lipinski definition) is 7. The number of aromatic nitrogens is 3. The highest BCUT2D eigenvalue weighted by Gasteiger charge is 2.32. The SMILES string of the molecule is C[C@@H]1CN(c2nnc(-c3ccccn3)s2)CCN1C(=O)OC(C)(C)C. The van der Waals surface area contributed by atoms with Gasteiger partial charge in [-0.2, -0.15) is 0 Å². The van der Waals surface area contributed by atoms with Gasteiger partial charge in [-0.15, -0.1) is 10.2 Å². The molecule has 1 atom stereocenters. The van der Waals surface area contributed by atoms with Crippen LogP contribution in [0, 0.1) is 0 Å². The van der Waals surface area contributed by atoms with Crippen LogP contribution in [0.1, 0.15) is 27.7 Å². The van der Waals surface area contributed by atoms with E-state index in [1.54, 1.807) is 11.1 Å². The molecule has 0 aromatic carbocycles. The maximum atomic E-state index is 12.3. The summed E-state index contributed by atoms with van der Waals surface area (Å²) in [5, 5.41) is 10.2. The topological polar surface area (TPSA) is 71.5 Å². The number of nitrogens with zero attached hydrogens (tertiary/aromatic N) is 5. The summed E-state index contributed by atoms with van der Waals surface area (Å²) in [6, 6.07) is 5.78. The Bertz CT molecular complexity index is 728. The monoisotopic (exact) mass is 361 g/mol. The quantitative estimate of drug-likeness (QED) is 0.819. The predicted octanol–water partition coefficient (Wildman–Crippen LogP) is 3.05. The van der Waals surface area contributed by atoms with Gasteiger partial charge < -0.3 is 14.5 Å². The summed E-state index contributed by atoms with van der Waals surface area (Å²) < 4.78 is 5.49. The van der Waals surface area contributed by atoms with Crippen molar-refractivity contribution in [1.82, 2.24) is 20.1 Å². The summed E-state index contributed by atoms with van der Waals surface area (Å²) in [5.41, 5.74) is 0.344. The van der Waals surface area contributed by atoms with Crippen LogP contribution < -0.4 is 4.90 Å². The van der Waals surface area contributed by atoms with Crippen molar-refractivity contribution in [3.63, 3.8) is 0 Å². The van der Waals surface area contributed by atoms with Gasteiger partial charge in [0.15, 0.2) is 5.01 Å². The Morgan fingerprint density at radius 2 is 2.08 bits per heavy atom. The molecule has 0 spiro atoms. The Kier molecular flexibility index (Phi) is 4.89. The highest BCUT2D eigenvalue weighted by atomic mass is 32.1. The second-order valence-corrected chi connectivity index (χ2v) is 8.03. The molecule has 1 aliphatic heterocycles. The van der Waals surface area contributed by atoms with Crippen LogP contribution in [0.2, 0.25) is 0 Å². The molecule has 0 radical (unpaired) electrons. The Hall–Kier alpha value is -2.22. The molecule has 7 nitrogen and oxygen atoms in total. The smallest absolute Gasteiger partial charge is 0.410 e. The van der Waals surface area contributed by atoms with Gasteiger partial charge >= 0.3 is 6.09 Å². The van der Waals surface area contributed by atoms with Gasteiger partial charge in [-0.05, 0) is 39.8 Å². The van der Waals surface area contributed by atoms with E-state index in [2.05, 4.69) is 20.1 Å². The van der Waals surface area contributed by atoms with Crippen LogP contribution in [-0.4, -0.2) is 57.5 Å². The minimum Gasteiger partial charge on any atom is -0.444 e. The number of carbonyl (C=O) groups excluding carboxylic acids is 1. The first-order valence-electron chi connectivity index (χ1n) is 8.33. The van der Waals surface area contributed by atoms with Crippen molar-refractivity contribution >= 4 is 22.6 Å². The molecular formula is C17H23N5O2S. The molecular weight excluding hydrogens is 338 g/mol. The molecule has 3 heterocycles. The van der Waals surface area contributed by atoms with Gasteiger partial charge in [-0.25, -0.2) is 4.79 Å². The Morgan fingerprint density at radius 1 is 1.28 bits per heavy atom. The molecule has 3 rings (SSSR count). The van der Waals surface area contributed by atoms with Crippen molar-refractivity contribution in [2.24, 2.45) is 0 Å². The van der Waals surface area contributed by atoms with Crippen LogP contribution in [-0.2, 0) is 4.74 Å². The van der Waals surface area contributed by atoms with E-state index in [9.17, 15) is 4.79 Å². The number of carbonyl (C=O) groups is 1. The first kappa shape index (κ1) is 17.6. The molecule has 134 valence electrons. The van der Waals surface area contributed by atoms with Crippen molar-refractivity contribution in [3.05, 3.63) is 24.4 Å². The third kappa shape index (κ3) is 4.25. The molecule has 2 aromatic heterocycles. The largest absolute Gasteiger partial charge is 0.444 e. The summed E-state index contributed by atoms with van der Waals surface area (Å²) in [6.45, 7) is 9.69. The zero-order valence-electron chi connectivity index (χ0n) is 15.0. The lowest BCUT2D eigenvalue weighted by Crippen LogP contribution is -2.55. The van der Waals surface area contributed by atoms with E-state index in [-0.39, 0.29) is 12.1 Å². The highest BCUT2D eigenvalue weighted by molar-refractivity contribution is 7.18. The van der Waals surface area contributed by atoms with Crippen molar-refractivity contribution < 1.29 is 9.53 Å². The molecule has 1 amide bonds. The fourth-order valence-electron chi connectivity index (χ4n) is 2.66. The van der Waals surface area contributed by atoms with E-state index in [1.807, 2.05) is 45.9 Å². The molecule has 25 heavy (non-hydrogen) atoms. The predicted molar refractivity (Wildman–Crippen MR) is 97.8 cm³/mol. The van der Waals surface area contributed by atoms with Gasteiger partial charge in [0.25, 0.3) is 0 Å². The van der Waals surface area contributed by atoms with Crippen molar-refractivity contribution in [3.8, 4) is 10.7 Å². The summed E-state index contributed by atoms with van der Waals surface area (Å²) in [5.74, 6) is 0. The van der Waals surface area contributed by atoms with Crippen LogP contribution in [0.5, 0.6) is 0 Å². The average Bonchev–Trinajstić information content (AvgIpc) is 3.04. The van der Waals surface area contributed by atoms with Gasteiger partial charge in [0.1, 0.15) is 11.3 Å². The lowest BCUT2D eigenvalue weighted by Gasteiger charge is -2.39. The van der Waals surface area contributed by atoms with Gasteiger partial charge in [-0.3, -0.25) is 4.98 Å². The lowest BCUT2D eigenvalue weighted by molar-refractivity contribution is 0.0159. The summed E-state index contributed by atoms with van der Waals surface area (Å²) in [6.07, 6.45) is 1.49. The number of anilines is 1. The third-order valence-corrected chi connectivity index (χ3v) is 4.83. The zero-order chi connectivity index (χ0) is 18.0. The fourth-order valence-corrected chi connectivity index (χ4v) is 3.52. The summed E-state index contributed by atoms with van der Waals surface area (Å²) in [7, 11) is 0. The van der Waals surface area contributed by atoms with Gasteiger partial charge in [0.05, 0.1) is 0 Å². The van der Waals surface area contributed by atoms with E-state index < -0.39 is 5.60 Å². The number of amides is 1. The second kappa shape index (κ2) is 6.95. The highest BCUT2D eigenvalue weighted by Crippen LogP contribution is 2.29. The van der Waals surface area contributed by atoms with E-state index in [0.717, 1.165) is 15.8 Å². The van der Waals surface area contributed by atoms with Crippen molar-refractivity contribution in [2.75, 3.05) is 24.5 Å². The van der Waals surface area contributed by atoms with E-state index in [4.69, 9.17) is 4.74 Å². The summed E-state index contributed by atoms with van der Waals surface area (Å²) in [4.78, 5) is 20.6. The molecule has 0 bridgehead atoms. The normalized spacial score (nSPS) is 18.3. The third-order valence-electron chi connectivity index (χ3n) is 3.82. The number of piperazine rings is 1. The van der Waals surface area contributed by atoms with Crippen LogP contribution in [0.25, 0.3) is 10.7 Å². The Labute approximate surface area is 151 Å². The first-order valence-corrected chi connectivity index (χ1v) is 9.14. The Balaban J connectivity index is 1.65. The van der Waals surface area contributed by atoms with Crippen LogP contribution in [0.3, 0.4) is 0 Å². The number of hydrogen-bond donors (Lipinski definition) is 0. The van der Waals surface area contributed by atoms with Crippen LogP contribution in [0.15, 0.2) is 24.4 Å². The van der Waals surface area contributed by atoms with Gasteiger partial charge in [0.2, 0.25) is 5.13 Å². The second-order valence-electron chi connectivity index (χ2n) is 7.07. The number of ether oxygens (including phenoxy) is 1. The minimum atomic E-state index is -0.481. The fraction of sp³-hybridized carbons (Fsp3) is 0.529. The number of rotatable bonds is 2. The van der Waals surface area contributed by atoms with Crippen LogP contribution in [0.4, 0.5) is 9.93 Å². The molecule has 0 saturated carbocycles. The zero-order valence-corrected chi connectivity index (χ0v) is 15.8. The summed E-state index contributed by atoms with van der Waals surface area (Å²) >= 11 is 1.52. The molecule has 0 N–H and O–H groups in total. The molecule has 0 aliphatic carbocycles. The molecule has 1 saturated heterocycles. The number of pyridine rings is 1. The molecule has 8 heteroatoms. The molecule has 2 aromatic rings. The molecule has 1 aliphatic rings. The standard InChI is InChI=1S/C17H23N5O2S/c1-12-11-21(9-10-22(12)16(23)24-17(2,3)4)15-20-19-14(25-15)13-7-5-6-8-18-13/h5-8,12H,9-11H2,1-4H3/t12-/m1/s1. The average molecular weight is 361 g/mol. The molecule has 0 unspecified atom stereocenters. The lowest BCUT2D eigenvalue weighted by atomic mass is 10.2. The van der Waals surface area contributed by atoms with Crippen molar-refractivity contribution in [1.29, 1.82) is 0 Å². The van der Waals surface area contributed by atoms with Gasteiger partial charge in [-0.1, -0.05) is 17.4 Å². The van der Waals surface area contributed by atoms with Crippen molar-refractivity contribution in [2.45, 2.75) is 39.3 Å².